The van der Waals surface area contributed by atoms with Crippen molar-refractivity contribution in [3.8, 4) is 0 Å². The van der Waals surface area contributed by atoms with Gasteiger partial charge in [0.25, 0.3) is 0 Å². The zero-order chi connectivity index (χ0) is 14.5. The molecule has 21 heavy (non-hydrogen) atoms. The third kappa shape index (κ3) is 1.68. The van der Waals surface area contributed by atoms with Gasteiger partial charge in [-0.1, -0.05) is 37.5 Å². The van der Waals surface area contributed by atoms with Gasteiger partial charge in [0.2, 0.25) is 0 Å². The summed E-state index contributed by atoms with van der Waals surface area (Å²) in [6, 6.07) is 8.72. The number of para-hydroxylation sites is 1. The van der Waals surface area contributed by atoms with Crippen LogP contribution in [0.2, 0.25) is 0 Å². The number of fused-ring (bicyclic) bond motifs is 3. The molecule has 2 heterocycles. The summed E-state index contributed by atoms with van der Waals surface area (Å²) >= 11 is 0. The highest BCUT2D eigenvalue weighted by atomic mass is 15.1. The lowest BCUT2D eigenvalue weighted by Gasteiger charge is -2.46. The number of benzene rings is 1. The largest absolute Gasteiger partial charge is 0.386 e. The molecular formula is C17H24N4. The van der Waals surface area contributed by atoms with Crippen molar-refractivity contribution in [2.75, 3.05) is 11.9 Å². The van der Waals surface area contributed by atoms with E-state index in [4.69, 9.17) is 11.1 Å². The summed E-state index contributed by atoms with van der Waals surface area (Å²) in [5.74, 6) is 0.293. The summed E-state index contributed by atoms with van der Waals surface area (Å²) in [7, 11) is 0. The predicted octanol–water partition coefficient (Wildman–Crippen LogP) is 2.35. The van der Waals surface area contributed by atoms with Crippen LogP contribution < -0.4 is 16.4 Å². The van der Waals surface area contributed by atoms with Gasteiger partial charge in [0, 0.05) is 23.2 Å². The molecule has 112 valence electrons. The lowest BCUT2D eigenvalue weighted by Crippen LogP contribution is -2.57. The van der Waals surface area contributed by atoms with Crippen molar-refractivity contribution in [1.29, 1.82) is 5.41 Å². The number of rotatable bonds is 1. The molecule has 4 heteroatoms. The smallest absolute Gasteiger partial charge is 0.108 e. The molecule has 2 spiro atoms. The minimum Gasteiger partial charge on any atom is -0.386 e. The van der Waals surface area contributed by atoms with E-state index in [9.17, 15) is 0 Å². The zero-order valence-corrected chi connectivity index (χ0v) is 12.4. The highest BCUT2D eigenvalue weighted by molar-refractivity contribution is 5.84. The maximum absolute atomic E-state index is 7.92. The SMILES string of the molecule is N=C(N)C1CC2(CNc3ccccc32)C2(CCCCC2)N1. The van der Waals surface area contributed by atoms with Gasteiger partial charge in [-0.3, -0.25) is 5.41 Å². The normalized spacial score (nSPS) is 33.0. The molecule has 2 unspecified atom stereocenters. The van der Waals surface area contributed by atoms with E-state index in [1.807, 2.05) is 0 Å². The minimum absolute atomic E-state index is 0.0241. The van der Waals surface area contributed by atoms with Crippen LogP contribution in [0.3, 0.4) is 0 Å². The van der Waals surface area contributed by atoms with E-state index in [-0.39, 0.29) is 17.0 Å². The van der Waals surface area contributed by atoms with Crippen LogP contribution in [0, 0.1) is 5.41 Å². The summed E-state index contributed by atoms with van der Waals surface area (Å²) in [5.41, 5.74) is 8.77. The molecule has 2 atom stereocenters. The maximum Gasteiger partial charge on any atom is 0.108 e. The monoisotopic (exact) mass is 284 g/mol. The maximum atomic E-state index is 7.92. The van der Waals surface area contributed by atoms with E-state index in [1.165, 1.54) is 43.4 Å². The van der Waals surface area contributed by atoms with E-state index in [0.29, 0.717) is 5.84 Å². The molecule has 1 saturated heterocycles. The van der Waals surface area contributed by atoms with Crippen LogP contribution in [-0.4, -0.2) is 24.0 Å². The van der Waals surface area contributed by atoms with Gasteiger partial charge in [0.15, 0.2) is 0 Å². The zero-order valence-electron chi connectivity index (χ0n) is 12.4. The van der Waals surface area contributed by atoms with E-state index in [0.717, 1.165) is 13.0 Å². The van der Waals surface area contributed by atoms with Gasteiger partial charge in [-0.15, -0.1) is 0 Å². The Morgan fingerprint density at radius 3 is 2.71 bits per heavy atom. The molecule has 2 fully saturated rings. The molecule has 0 amide bonds. The Morgan fingerprint density at radius 1 is 1.19 bits per heavy atom. The third-order valence-corrected chi connectivity index (χ3v) is 6.02. The first-order valence-corrected chi connectivity index (χ1v) is 8.12. The van der Waals surface area contributed by atoms with Crippen LogP contribution >= 0.6 is 0 Å². The lowest BCUT2D eigenvalue weighted by atomic mass is 9.61. The summed E-state index contributed by atoms with van der Waals surface area (Å²) in [5, 5.41) is 15.3. The Balaban J connectivity index is 1.83. The van der Waals surface area contributed by atoms with E-state index < -0.39 is 0 Å². The van der Waals surface area contributed by atoms with Crippen molar-refractivity contribution in [2.24, 2.45) is 5.73 Å². The molecule has 0 bridgehead atoms. The van der Waals surface area contributed by atoms with Crippen LogP contribution in [0.5, 0.6) is 0 Å². The predicted molar refractivity (Wildman–Crippen MR) is 85.9 cm³/mol. The number of hydrogen-bond donors (Lipinski definition) is 4. The highest BCUT2D eigenvalue weighted by Crippen LogP contribution is 2.55. The number of nitrogens with two attached hydrogens (primary N) is 1. The quantitative estimate of drug-likeness (QED) is 0.472. The van der Waals surface area contributed by atoms with Crippen molar-refractivity contribution >= 4 is 11.5 Å². The molecule has 1 saturated carbocycles. The molecule has 2 aliphatic heterocycles. The first-order chi connectivity index (χ1) is 10.2. The summed E-state index contributed by atoms with van der Waals surface area (Å²) in [6.45, 7) is 0.975. The summed E-state index contributed by atoms with van der Waals surface area (Å²) in [6.07, 6.45) is 7.24. The minimum atomic E-state index is 0.0241. The second-order valence-corrected chi connectivity index (χ2v) is 6.98. The van der Waals surface area contributed by atoms with Crippen LogP contribution in [0.1, 0.15) is 44.1 Å². The summed E-state index contributed by atoms with van der Waals surface area (Å²) in [4.78, 5) is 0. The summed E-state index contributed by atoms with van der Waals surface area (Å²) < 4.78 is 0. The molecule has 1 aromatic rings. The van der Waals surface area contributed by atoms with E-state index in [1.54, 1.807) is 0 Å². The second kappa shape index (κ2) is 4.47. The fourth-order valence-corrected chi connectivity index (χ4v) is 5.04. The van der Waals surface area contributed by atoms with Crippen LogP contribution in [0.15, 0.2) is 24.3 Å². The standard InChI is InChI=1S/C17H24N4/c18-15(19)14-10-16(17(21-14)8-4-1-5-9-17)11-20-13-7-3-2-6-12(13)16/h2-3,6-7,14,20-21H,1,4-5,8-11H2,(H3,18,19). The van der Waals surface area contributed by atoms with Crippen molar-refractivity contribution in [3.05, 3.63) is 29.8 Å². The first kappa shape index (κ1) is 13.1. The van der Waals surface area contributed by atoms with E-state index >= 15 is 0 Å². The second-order valence-electron chi connectivity index (χ2n) is 6.98. The van der Waals surface area contributed by atoms with Crippen molar-refractivity contribution in [1.82, 2.24) is 5.32 Å². The Bertz CT molecular complexity index is 576. The van der Waals surface area contributed by atoms with E-state index in [2.05, 4.69) is 34.9 Å². The molecule has 3 aliphatic rings. The Hall–Kier alpha value is -1.55. The Morgan fingerprint density at radius 2 is 1.95 bits per heavy atom. The van der Waals surface area contributed by atoms with Crippen LogP contribution in [-0.2, 0) is 5.41 Å². The molecule has 1 aromatic carbocycles. The number of hydrogen-bond acceptors (Lipinski definition) is 3. The number of nitrogens with one attached hydrogen (secondary N) is 3. The lowest BCUT2D eigenvalue weighted by molar-refractivity contribution is 0.173. The molecule has 0 radical (unpaired) electrons. The molecule has 1 aliphatic carbocycles. The molecule has 0 aromatic heterocycles. The van der Waals surface area contributed by atoms with Crippen LogP contribution in [0.25, 0.3) is 0 Å². The molecular weight excluding hydrogens is 260 g/mol. The van der Waals surface area contributed by atoms with Crippen LogP contribution in [0.4, 0.5) is 5.69 Å². The van der Waals surface area contributed by atoms with Gasteiger partial charge in [0.05, 0.1) is 6.04 Å². The highest BCUT2D eigenvalue weighted by Gasteiger charge is 2.61. The van der Waals surface area contributed by atoms with Crippen molar-refractivity contribution in [2.45, 2.75) is 55.5 Å². The first-order valence-electron chi connectivity index (χ1n) is 8.12. The number of amidine groups is 1. The molecule has 4 nitrogen and oxygen atoms in total. The van der Waals surface area contributed by atoms with Gasteiger partial charge >= 0.3 is 0 Å². The van der Waals surface area contributed by atoms with Crippen molar-refractivity contribution < 1.29 is 0 Å². The van der Waals surface area contributed by atoms with Gasteiger partial charge < -0.3 is 16.4 Å². The van der Waals surface area contributed by atoms with Gasteiger partial charge in [0.1, 0.15) is 5.84 Å². The van der Waals surface area contributed by atoms with Gasteiger partial charge in [-0.05, 0) is 30.9 Å². The van der Waals surface area contributed by atoms with Gasteiger partial charge in [-0.2, -0.15) is 0 Å². The molecule has 4 rings (SSSR count). The van der Waals surface area contributed by atoms with Crippen molar-refractivity contribution in [3.63, 3.8) is 0 Å². The average molecular weight is 284 g/mol. The Labute approximate surface area is 126 Å². The van der Waals surface area contributed by atoms with Gasteiger partial charge in [-0.25, -0.2) is 0 Å². The topological polar surface area (TPSA) is 73.9 Å². The number of anilines is 1. The molecule has 5 N–H and O–H groups in total. The third-order valence-electron chi connectivity index (χ3n) is 6.02. The average Bonchev–Trinajstić information content (AvgIpc) is 3.02. The fourth-order valence-electron chi connectivity index (χ4n) is 5.04. The Kier molecular flexibility index (Phi) is 2.80. The fraction of sp³-hybridized carbons (Fsp3) is 0.588.